The van der Waals surface area contributed by atoms with Gasteiger partial charge in [-0.2, -0.15) is 0 Å². The lowest BCUT2D eigenvalue weighted by Crippen LogP contribution is -2.10. The van der Waals surface area contributed by atoms with E-state index in [1.54, 1.807) is 12.4 Å². The second kappa shape index (κ2) is 3.71. The van der Waals surface area contributed by atoms with Crippen LogP contribution in [-0.2, 0) is 11.3 Å². The van der Waals surface area contributed by atoms with E-state index in [0.29, 0.717) is 13.0 Å². The molecule has 3 nitrogen and oxygen atoms in total. The maximum absolute atomic E-state index is 9.96. The van der Waals surface area contributed by atoms with Gasteiger partial charge in [0.2, 0.25) is 6.41 Å². The predicted molar refractivity (Wildman–Crippen MR) is 41.9 cm³/mol. The molecule has 0 spiro atoms. The summed E-state index contributed by atoms with van der Waals surface area (Å²) >= 11 is 0. The van der Waals surface area contributed by atoms with Gasteiger partial charge in [0.05, 0.1) is 0 Å². The van der Waals surface area contributed by atoms with Gasteiger partial charge in [0.1, 0.15) is 0 Å². The Balaban J connectivity index is 2.69. The van der Waals surface area contributed by atoms with Crippen molar-refractivity contribution in [3.63, 3.8) is 0 Å². The molecule has 0 saturated heterocycles. The van der Waals surface area contributed by atoms with Crippen LogP contribution in [0.5, 0.6) is 0 Å². The smallest absolute Gasteiger partial charge is 0.207 e. The number of nitrogens with one attached hydrogen (secondary N) is 1. The first kappa shape index (κ1) is 7.72. The van der Waals surface area contributed by atoms with Gasteiger partial charge in [-0.05, 0) is 24.1 Å². The number of rotatable bonds is 3. The van der Waals surface area contributed by atoms with E-state index in [0.717, 1.165) is 11.1 Å². The molecule has 0 radical (unpaired) electrons. The van der Waals surface area contributed by atoms with Crippen LogP contribution in [0.2, 0.25) is 0 Å². The summed E-state index contributed by atoms with van der Waals surface area (Å²) in [7, 11) is 0. The lowest BCUT2D eigenvalue weighted by atomic mass is 10.2. The van der Waals surface area contributed by atoms with Crippen LogP contribution in [0.25, 0.3) is 0 Å². The van der Waals surface area contributed by atoms with Gasteiger partial charge in [0.25, 0.3) is 0 Å². The molecule has 0 bridgehead atoms. The standard InChI is InChI=1S/C8H10N2O/c1-7-4-9-3-2-8(7)5-10-6-11/h2-4,6H,5H2,1H3,(H,10,11). The highest BCUT2D eigenvalue weighted by Gasteiger charge is 1.94. The van der Waals surface area contributed by atoms with Gasteiger partial charge >= 0.3 is 0 Å². The van der Waals surface area contributed by atoms with Crippen molar-refractivity contribution in [2.75, 3.05) is 0 Å². The lowest BCUT2D eigenvalue weighted by molar-refractivity contribution is -0.109. The molecule has 1 rings (SSSR count). The summed E-state index contributed by atoms with van der Waals surface area (Å²) in [6.45, 7) is 2.55. The van der Waals surface area contributed by atoms with Gasteiger partial charge in [-0.3, -0.25) is 9.78 Å². The molecular weight excluding hydrogens is 140 g/mol. The molecule has 0 aliphatic rings. The minimum absolute atomic E-state index is 0.581. The normalized spacial score (nSPS) is 9.18. The molecule has 0 unspecified atom stereocenters. The van der Waals surface area contributed by atoms with E-state index in [1.165, 1.54) is 0 Å². The molecule has 0 aliphatic heterocycles. The Morgan fingerprint density at radius 3 is 3.18 bits per heavy atom. The van der Waals surface area contributed by atoms with Crippen LogP contribution < -0.4 is 5.32 Å². The van der Waals surface area contributed by atoms with Crippen molar-refractivity contribution in [2.24, 2.45) is 0 Å². The zero-order valence-electron chi connectivity index (χ0n) is 6.37. The van der Waals surface area contributed by atoms with Crippen molar-refractivity contribution in [3.8, 4) is 0 Å². The molecule has 11 heavy (non-hydrogen) atoms. The summed E-state index contributed by atoms with van der Waals surface area (Å²) in [5, 5.41) is 2.60. The van der Waals surface area contributed by atoms with Crippen LogP contribution in [-0.4, -0.2) is 11.4 Å². The highest BCUT2D eigenvalue weighted by Crippen LogP contribution is 2.03. The summed E-state index contributed by atoms with van der Waals surface area (Å²) in [5.74, 6) is 0. The fourth-order valence-corrected chi connectivity index (χ4v) is 0.852. The Bertz CT molecular complexity index is 248. The largest absolute Gasteiger partial charge is 0.355 e. The number of aromatic nitrogens is 1. The van der Waals surface area contributed by atoms with Crippen LogP contribution in [0, 0.1) is 6.92 Å². The second-order valence-corrected chi connectivity index (χ2v) is 2.30. The van der Waals surface area contributed by atoms with Crippen molar-refractivity contribution in [2.45, 2.75) is 13.5 Å². The van der Waals surface area contributed by atoms with E-state index in [-0.39, 0.29) is 0 Å². The van der Waals surface area contributed by atoms with Gasteiger partial charge in [-0.1, -0.05) is 0 Å². The van der Waals surface area contributed by atoms with Crippen molar-refractivity contribution in [1.82, 2.24) is 10.3 Å². The first-order chi connectivity index (χ1) is 5.34. The topological polar surface area (TPSA) is 42.0 Å². The third-order valence-electron chi connectivity index (χ3n) is 1.51. The third-order valence-corrected chi connectivity index (χ3v) is 1.51. The van der Waals surface area contributed by atoms with Gasteiger partial charge in [0.15, 0.2) is 0 Å². The molecule has 1 N–H and O–H groups in total. The molecule has 0 saturated carbocycles. The average Bonchev–Trinajstić information content (AvgIpc) is 2.03. The van der Waals surface area contributed by atoms with Crippen LogP contribution in [0.3, 0.4) is 0 Å². The first-order valence-electron chi connectivity index (χ1n) is 3.41. The summed E-state index contributed by atoms with van der Waals surface area (Å²) in [4.78, 5) is 13.9. The van der Waals surface area contributed by atoms with E-state index >= 15 is 0 Å². The number of aryl methyl sites for hydroxylation is 1. The summed E-state index contributed by atoms with van der Waals surface area (Å²) in [6.07, 6.45) is 4.19. The summed E-state index contributed by atoms with van der Waals surface area (Å²) < 4.78 is 0. The number of amides is 1. The highest BCUT2D eigenvalue weighted by atomic mass is 16.1. The van der Waals surface area contributed by atoms with E-state index in [4.69, 9.17) is 0 Å². The highest BCUT2D eigenvalue weighted by molar-refractivity contribution is 5.46. The molecule has 0 aliphatic carbocycles. The zero-order valence-corrected chi connectivity index (χ0v) is 6.37. The number of nitrogens with zero attached hydrogens (tertiary/aromatic N) is 1. The zero-order chi connectivity index (χ0) is 8.10. The van der Waals surface area contributed by atoms with Gasteiger partial charge in [0, 0.05) is 18.9 Å². The van der Waals surface area contributed by atoms with Crippen LogP contribution in [0.15, 0.2) is 18.5 Å². The molecular formula is C8H10N2O. The molecule has 0 fully saturated rings. The lowest BCUT2D eigenvalue weighted by Gasteiger charge is -2.01. The Labute approximate surface area is 65.5 Å². The maximum Gasteiger partial charge on any atom is 0.207 e. The summed E-state index contributed by atoms with van der Waals surface area (Å²) in [6, 6.07) is 1.89. The van der Waals surface area contributed by atoms with Crippen LogP contribution in [0.4, 0.5) is 0 Å². The molecule has 3 heteroatoms. The van der Waals surface area contributed by atoms with Crippen LogP contribution >= 0.6 is 0 Å². The number of hydrogen-bond donors (Lipinski definition) is 1. The number of carbonyl (C=O) groups is 1. The third kappa shape index (κ3) is 2.04. The molecule has 1 aromatic heterocycles. The van der Waals surface area contributed by atoms with E-state index in [1.807, 2.05) is 13.0 Å². The predicted octanol–water partition coefficient (Wildman–Crippen LogP) is 0.636. The molecule has 0 atom stereocenters. The Morgan fingerprint density at radius 1 is 1.73 bits per heavy atom. The Hall–Kier alpha value is -1.38. The van der Waals surface area contributed by atoms with Crippen molar-refractivity contribution < 1.29 is 4.79 Å². The molecule has 1 aromatic rings. The van der Waals surface area contributed by atoms with Gasteiger partial charge in [-0.15, -0.1) is 0 Å². The van der Waals surface area contributed by atoms with E-state index < -0.39 is 0 Å². The molecule has 1 amide bonds. The minimum atomic E-state index is 0.581. The van der Waals surface area contributed by atoms with Crippen molar-refractivity contribution >= 4 is 6.41 Å². The first-order valence-corrected chi connectivity index (χ1v) is 3.41. The maximum atomic E-state index is 9.96. The monoisotopic (exact) mass is 150 g/mol. The SMILES string of the molecule is Cc1cnccc1CNC=O. The number of hydrogen-bond acceptors (Lipinski definition) is 2. The Kier molecular flexibility index (Phi) is 2.60. The molecule has 0 aromatic carbocycles. The fourth-order valence-electron chi connectivity index (χ4n) is 0.852. The quantitative estimate of drug-likeness (QED) is 0.642. The van der Waals surface area contributed by atoms with Crippen molar-refractivity contribution in [1.29, 1.82) is 0 Å². The second-order valence-electron chi connectivity index (χ2n) is 2.30. The van der Waals surface area contributed by atoms with Crippen molar-refractivity contribution in [3.05, 3.63) is 29.6 Å². The fraction of sp³-hybridized carbons (Fsp3) is 0.250. The van der Waals surface area contributed by atoms with Gasteiger partial charge in [-0.25, -0.2) is 0 Å². The van der Waals surface area contributed by atoms with Crippen LogP contribution in [0.1, 0.15) is 11.1 Å². The minimum Gasteiger partial charge on any atom is -0.355 e. The molecule has 1 heterocycles. The Morgan fingerprint density at radius 2 is 2.55 bits per heavy atom. The van der Waals surface area contributed by atoms with E-state index in [2.05, 4.69) is 10.3 Å². The van der Waals surface area contributed by atoms with Gasteiger partial charge < -0.3 is 5.32 Å². The number of carbonyl (C=O) groups excluding carboxylic acids is 1. The average molecular weight is 150 g/mol. The van der Waals surface area contributed by atoms with E-state index in [9.17, 15) is 4.79 Å². The number of pyridine rings is 1. The molecule has 58 valence electrons. The summed E-state index contributed by atoms with van der Waals surface area (Å²) in [5.41, 5.74) is 2.20.